The number of pyridine rings is 1. The molecule has 96 valence electrons. The Morgan fingerprint density at radius 3 is 2.89 bits per heavy atom. The van der Waals surface area contributed by atoms with E-state index in [9.17, 15) is 0 Å². The third kappa shape index (κ3) is 2.22. The Bertz CT molecular complexity index is 838. The molecule has 0 aliphatic rings. The molecule has 1 aromatic carbocycles. The summed E-state index contributed by atoms with van der Waals surface area (Å²) in [7, 11) is 0. The number of hydrogen-bond donors (Lipinski definition) is 1. The summed E-state index contributed by atoms with van der Waals surface area (Å²) in [4.78, 5) is 7.49. The van der Waals surface area contributed by atoms with E-state index in [1.807, 2.05) is 35.8 Å². The second-order valence-electron chi connectivity index (χ2n) is 4.22. The van der Waals surface area contributed by atoms with E-state index >= 15 is 0 Å². The summed E-state index contributed by atoms with van der Waals surface area (Å²) in [5, 5.41) is 0.587. The Morgan fingerprint density at radius 1 is 1.37 bits per heavy atom. The van der Waals surface area contributed by atoms with Gasteiger partial charge in [-0.25, -0.2) is 4.98 Å². The summed E-state index contributed by atoms with van der Waals surface area (Å²) >= 11 is 14.8. The molecule has 0 saturated carbocycles. The fourth-order valence-corrected chi connectivity index (χ4v) is 2.99. The van der Waals surface area contributed by atoms with Gasteiger partial charge in [0.05, 0.1) is 16.2 Å². The molecule has 0 spiro atoms. The van der Waals surface area contributed by atoms with Crippen LogP contribution in [0.2, 0.25) is 5.02 Å². The molecule has 0 aliphatic heterocycles. The van der Waals surface area contributed by atoms with E-state index in [-0.39, 0.29) is 0 Å². The number of aromatic nitrogens is 3. The quantitative estimate of drug-likeness (QED) is 0.636. The second-order valence-corrected chi connectivity index (χ2v) is 5.96. The molecule has 3 aromatic rings. The van der Waals surface area contributed by atoms with Crippen molar-refractivity contribution in [3.05, 3.63) is 50.3 Å². The maximum Gasteiger partial charge on any atom is 0.184 e. The van der Waals surface area contributed by atoms with E-state index in [2.05, 4.69) is 25.9 Å². The van der Waals surface area contributed by atoms with Crippen molar-refractivity contribution in [2.75, 3.05) is 0 Å². The van der Waals surface area contributed by atoms with Gasteiger partial charge in [-0.3, -0.25) is 4.57 Å². The first-order valence-corrected chi connectivity index (χ1v) is 7.17. The summed E-state index contributed by atoms with van der Waals surface area (Å²) in [5.74, 6) is 0. The van der Waals surface area contributed by atoms with Crippen molar-refractivity contribution >= 4 is 50.9 Å². The van der Waals surface area contributed by atoms with Gasteiger partial charge in [-0.15, -0.1) is 0 Å². The first-order chi connectivity index (χ1) is 9.06. The lowest BCUT2D eigenvalue weighted by atomic mass is 10.2. The highest BCUT2D eigenvalue weighted by atomic mass is 79.9. The van der Waals surface area contributed by atoms with Crippen molar-refractivity contribution in [2.24, 2.45) is 0 Å². The molecule has 2 heterocycles. The van der Waals surface area contributed by atoms with Crippen molar-refractivity contribution in [3.8, 4) is 5.69 Å². The number of hydrogen-bond acceptors (Lipinski definition) is 2. The van der Waals surface area contributed by atoms with Crippen LogP contribution in [-0.4, -0.2) is 14.5 Å². The lowest BCUT2D eigenvalue weighted by Crippen LogP contribution is -1.98. The summed E-state index contributed by atoms with van der Waals surface area (Å²) in [6.07, 6.45) is 1.62. The van der Waals surface area contributed by atoms with E-state index < -0.39 is 0 Å². The van der Waals surface area contributed by atoms with Gasteiger partial charge < -0.3 is 4.98 Å². The highest BCUT2D eigenvalue weighted by molar-refractivity contribution is 9.10. The van der Waals surface area contributed by atoms with E-state index in [4.69, 9.17) is 23.8 Å². The van der Waals surface area contributed by atoms with Gasteiger partial charge >= 0.3 is 0 Å². The Morgan fingerprint density at radius 2 is 2.16 bits per heavy atom. The molecule has 0 aliphatic carbocycles. The van der Waals surface area contributed by atoms with Gasteiger partial charge in [-0.1, -0.05) is 27.5 Å². The van der Waals surface area contributed by atoms with E-state index in [0.717, 1.165) is 26.9 Å². The average molecular weight is 355 g/mol. The molecule has 19 heavy (non-hydrogen) atoms. The number of aromatic amines is 1. The third-order valence-electron chi connectivity index (χ3n) is 2.89. The van der Waals surface area contributed by atoms with E-state index in [1.54, 1.807) is 6.20 Å². The summed E-state index contributed by atoms with van der Waals surface area (Å²) in [6, 6.07) is 7.87. The standard InChI is InChI=1S/C13H9BrClN3S/c1-7-4-8(14)2-3-11(7)18-12-10(17-13(18)19)5-9(15)6-16-12/h2-6H,1H3,(H,17,19). The molecule has 2 aromatic heterocycles. The molecule has 3 rings (SSSR count). The zero-order chi connectivity index (χ0) is 13.6. The molecule has 0 saturated heterocycles. The number of rotatable bonds is 1. The van der Waals surface area contributed by atoms with Gasteiger partial charge in [-0.05, 0) is 49.0 Å². The Kier molecular flexibility index (Phi) is 3.20. The Hall–Kier alpha value is -1.17. The number of halogens is 2. The summed E-state index contributed by atoms with van der Waals surface area (Å²) in [6.45, 7) is 2.04. The molecule has 0 amide bonds. The van der Waals surface area contributed by atoms with Crippen LogP contribution >= 0.6 is 39.7 Å². The van der Waals surface area contributed by atoms with E-state index in [0.29, 0.717) is 9.79 Å². The van der Waals surface area contributed by atoms with Gasteiger partial charge in [0.1, 0.15) is 0 Å². The van der Waals surface area contributed by atoms with Crippen LogP contribution in [0.15, 0.2) is 34.9 Å². The number of H-pyrrole nitrogens is 1. The molecule has 0 bridgehead atoms. The number of aryl methyl sites for hydroxylation is 1. The SMILES string of the molecule is Cc1cc(Br)ccc1-n1c(=S)[nH]c2cc(Cl)cnc21. The lowest BCUT2D eigenvalue weighted by molar-refractivity contribution is 1.03. The summed E-state index contributed by atoms with van der Waals surface area (Å²) < 4.78 is 3.56. The normalized spacial score (nSPS) is 11.1. The molecular weight excluding hydrogens is 346 g/mol. The Labute approximate surface area is 128 Å². The van der Waals surface area contributed by atoms with Crippen LogP contribution in [0.3, 0.4) is 0 Å². The monoisotopic (exact) mass is 353 g/mol. The largest absolute Gasteiger partial charge is 0.329 e. The molecule has 6 heteroatoms. The molecule has 0 fully saturated rings. The van der Waals surface area contributed by atoms with Crippen molar-refractivity contribution in [3.63, 3.8) is 0 Å². The van der Waals surface area contributed by atoms with Crippen LogP contribution < -0.4 is 0 Å². The van der Waals surface area contributed by atoms with Crippen LogP contribution in [0, 0.1) is 11.7 Å². The number of nitrogens with one attached hydrogen (secondary N) is 1. The molecule has 0 unspecified atom stereocenters. The maximum atomic E-state index is 5.95. The predicted molar refractivity (Wildman–Crippen MR) is 83.7 cm³/mol. The van der Waals surface area contributed by atoms with Gasteiger partial charge in [0, 0.05) is 10.7 Å². The second kappa shape index (κ2) is 4.74. The molecule has 1 N–H and O–H groups in total. The highest BCUT2D eigenvalue weighted by Crippen LogP contribution is 2.24. The molecule has 0 radical (unpaired) electrons. The summed E-state index contributed by atoms with van der Waals surface area (Å²) in [5.41, 5.74) is 3.73. The number of nitrogens with zero attached hydrogens (tertiary/aromatic N) is 2. The van der Waals surface area contributed by atoms with Crippen LogP contribution in [0.1, 0.15) is 5.56 Å². The van der Waals surface area contributed by atoms with Crippen LogP contribution in [0.25, 0.3) is 16.9 Å². The van der Waals surface area contributed by atoms with Gasteiger partial charge in [0.2, 0.25) is 0 Å². The lowest BCUT2D eigenvalue weighted by Gasteiger charge is -2.08. The minimum Gasteiger partial charge on any atom is -0.329 e. The van der Waals surface area contributed by atoms with Crippen LogP contribution in [0.4, 0.5) is 0 Å². The van der Waals surface area contributed by atoms with Gasteiger partial charge in [-0.2, -0.15) is 0 Å². The number of imidazole rings is 1. The number of fused-ring (bicyclic) bond motifs is 1. The maximum absolute atomic E-state index is 5.95. The van der Waals surface area contributed by atoms with Crippen molar-refractivity contribution in [1.29, 1.82) is 0 Å². The molecule has 3 nitrogen and oxygen atoms in total. The Balaban J connectivity index is 2.36. The molecule has 0 atom stereocenters. The van der Waals surface area contributed by atoms with Crippen molar-refractivity contribution < 1.29 is 0 Å². The smallest absolute Gasteiger partial charge is 0.184 e. The van der Waals surface area contributed by atoms with Crippen molar-refractivity contribution in [2.45, 2.75) is 6.92 Å². The van der Waals surface area contributed by atoms with Crippen LogP contribution in [-0.2, 0) is 0 Å². The minimum atomic E-state index is 0.587. The van der Waals surface area contributed by atoms with Gasteiger partial charge in [0.15, 0.2) is 10.4 Å². The van der Waals surface area contributed by atoms with Crippen LogP contribution in [0.5, 0.6) is 0 Å². The fraction of sp³-hybridized carbons (Fsp3) is 0.0769. The zero-order valence-electron chi connectivity index (χ0n) is 9.95. The van der Waals surface area contributed by atoms with Gasteiger partial charge in [0.25, 0.3) is 0 Å². The first-order valence-electron chi connectivity index (χ1n) is 5.59. The predicted octanol–water partition coefficient (Wildman–Crippen LogP) is 4.81. The molecular formula is C13H9BrClN3S. The number of benzene rings is 1. The third-order valence-corrected chi connectivity index (χ3v) is 3.87. The zero-order valence-corrected chi connectivity index (χ0v) is 13.1. The topological polar surface area (TPSA) is 33.6 Å². The average Bonchev–Trinajstić information content (AvgIpc) is 2.65. The minimum absolute atomic E-state index is 0.587. The van der Waals surface area contributed by atoms with E-state index in [1.165, 1.54) is 0 Å². The van der Waals surface area contributed by atoms with Crippen molar-refractivity contribution in [1.82, 2.24) is 14.5 Å². The highest BCUT2D eigenvalue weighted by Gasteiger charge is 2.10. The fourth-order valence-electron chi connectivity index (χ4n) is 2.06. The first kappa shape index (κ1) is 12.8.